The van der Waals surface area contributed by atoms with Crippen LogP contribution in [0.2, 0.25) is 0 Å². The molecule has 34 heteroatoms. The molecule has 0 spiro atoms. The minimum atomic E-state index is -5.61. The van der Waals surface area contributed by atoms with E-state index in [1.807, 2.05) is 0 Å². The number of aromatic nitrogens is 10. The van der Waals surface area contributed by atoms with Crippen molar-refractivity contribution in [1.29, 1.82) is 0 Å². The van der Waals surface area contributed by atoms with Gasteiger partial charge in [0.25, 0.3) is 0 Å². The summed E-state index contributed by atoms with van der Waals surface area (Å²) in [6, 6.07) is 24.2. The quantitative estimate of drug-likeness (QED) is 0.0347. The molecular weight excluding hydrogens is 1460 g/mol. The average molecular weight is 1520 g/mol. The summed E-state index contributed by atoms with van der Waals surface area (Å²) < 4.78 is 265. The van der Waals surface area contributed by atoms with Crippen molar-refractivity contribution in [2.75, 3.05) is 33.8 Å². The van der Waals surface area contributed by atoms with Gasteiger partial charge < -0.3 is 29.0 Å². The Hall–Kier alpha value is -11.7. The predicted octanol–water partition coefficient (Wildman–Crippen LogP) is 18.0. The summed E-state index contributed by atoms with van der Waals surface area (Å²) >= 11 is 0. The molecule has 6 aromatic carbocycles. The van der Waals surface area contributed by atoms with E-state index >= 15 is 39.5 Å². The fourth-order valence-corrected chi connectivity index (χ4v) is 13.0. The Kier molecular flexibility index (Phi) is 19.6. The first-order chi connectivity index (χ1) is 50.7. The van der Waals surface area contributed by atoms with Gasteiger partial charge in [-0.3, -0.25) is 9.59 Å². The number of Topliss-reactive ketones (excluding diaryl/α,β-unsaturated/α-hetero) is 1. The number of carbonyl (C=O) groups is 3. The molecule has 1 N–H and O–H groups in total. The van der Waals surface area contributed by atoms with Gasteiger partial charge in [0.1, 0.15) is 11.4 Å². The summed E-state index contributed by atoms with van der Waals surface area (Å²) in [6.07, 6.45) is -24.8. The summed E-state index contributed by atoms with van der Waals surface area (Å²) in [5, 5.41) is 23.2. The topological polar surface area (TPSA) is 198 Å². The van der Waals surface area contributed by atoms with Crippen LogP contribution >= 0.6 is 0 Å². The summed E-state index contributed by atoms with van der Waals surface area (Å²) in [4.78, 5) is 40.1. The van der Waals surface area contributed by atoms with Crippen LogP contribution in [0.4, 0.5) is 71.5 Å². The minimum absolute atomic E-state index is 0.0981. The Morgan fingerprint density at radius 1 is 0.500 bits per heavy atom. The van der Waals surface area contributed by atoms with Crippen molar-refractivity contribution >= 4 is 23.4 Å². The van der Waals surface area contributed by atoms with Crippen molar-refractivity contribution in [1.82, 2.24) is 48.9 Å². The van der Waals surface area contributed by atoms with E-state index in [1.54, 1.807) is 12.1 Å². The highest BCUT2D eigenvalue weighted by atomic mass is 19.4. The maximum atomic E-state index is 16.6. The molecule has 0 atom stereocenters. The van der Waals surface area contributed by atoms with Gasteiger partial charge in [-0.1, -0.05) is 48.5 Å². The number of hydrogen-bond donors (Lipinski definition) is 1. The van der Waals surface area contributed by atoms with Crippen LogP contribution in [-0.4, -0.2) is 101 Å². The smallest absolute Gasteiger partial charge is 0.435 e. The Morgan fingerprint density at radius 3 is 1.54 bits per heavy atom. The molecule has 0 bridgehead atoms. The van der Waals surface area contributed by atoms with Crippen molar-refractivity contribution in [3.63, 3.8) is 0 Å². The minimum Gasteiger partial charge on any atom is -0.493 e. The molecule has 108 heavy (non-hydrogen) atoms. The van der Waals surface area contributed by atoms with Crippen LogP contribution in [0.3, 0.4) is 0 Å². The molecule has 1 aliphatic rings. The number of carbonyl (C=O) groups excluding carboxylic acids is 3. The number of ketones is 1. The number of hydrogen-bond acceptors (Lipinski definition) is 14. The zero-order valence-corrected chi connectivity index (χ0v) is 58.5. The molecule has 0 aliphatic heterocycles. The molecule has 5 aromatic heterocycles. The molecule has 563 valence electrons. The number of benzene rings is 6. The van der Waals surface area contributed by atoms with Crippen molar-refractivity contribution in [2.45, 2.75) is 105 Å². The van der Waals surface area contributed by atoms with Gasteiger partial charge in [-0.25, -0.2) is 28.2 Å². The Labute approximate surface area is 603 Å². The zero-order valence-electron chi connectivity index (χ0n) is 58.5. The Morgan fingerprint density at radius 2 is 1.01 bits per heavy atom. The first kappa shape index (κ1) is 76.0. The first-order valence-corrected chi connectivity index (χ1v) is 32.4. The molecule has 11 aromatic rings. The predicted molar refractivity (Wildman–Crippen MR) is 360 cm³/mol. The second-order valence-corrected chi connectivity index (χ2v) is 25.1. The lowest BCUT2D eigenvalue weighted by Gasteiger charge is -2.24. The van der Waals surface area contributed by atoms with Gasteiger partial charge in [-0.2, -0.15) is 91.3 Å². The highest BCUT2D eigenvalue weighted by molar-refractivity contribution is 5.99. The van der Waals surface area contributed by atoms with Gasteiger partial charge in [0, 0.05) is 105 Å². The molecule has 0 amide bonds. The van der Waals surface area contributed by atoms with Crippen LogP contribution in [-0.2, 0) is 51.8 Å². The van der Waals surface area contributed by atoms with E-state index in [0.717, 1.165) is 111 Å². The maximum absolute atomic E-state index is 16.6. The monoisotopic (exact) mass is 1510 g/mol. The van der Waals surface area contributed by atoms with Crippen LogP contribution in [0.25, 0.3) is 84.1 Å². The molecule has 1 fully saturated rings. The van der Waals surface area contributed by atoms with Gasteiger partial charge in [-0.15, -0.1) is 0 Å². The third-order valence-corrected chi connectivity index (χ3v) is 17.9. The highest BCUT2D eigenvalue weighted by Crippen LogP contribution is 2.53. The highest BCUT2D eigenvalue weighted by Gasteiger charge is 2.46. The van der Waals surface area contributed by atoms with Crippen LogP contribution in [0, 0.1) is 40.7 Å². The third-order valence-electron chi connectivity index (χ3n) is 17.9. The van der Waals surface area contributed by atoms with Crippen LogP contribution < -0.4 is 19.5 Å². The van der Waals surface area contributed by atoms with Gasteiger partial charge in [0.15, 0.2) is 51.5 Å². The molecule has 0 saturated heterocycles. The average Bonchev–Trinajstić information content (AvgIpc) is 1.47. The van der Waals surface area contributed by atoms with E-state index in [1.165, 1.54) is 68.6 Å². The molecular formula is C74H59F15N11O8. The summed E-state index contributed by atoms with van der Waals surface area (Å²) in [6.45, 7) is 7.09. The van der Waals surface area contributed by atoms with Crippen LogP contribution in [0.15, 0.2) is 109 Å². The van der Waals surface area contributed by atoms with Gasteiger partial charge in [-0.05, 0) is 132 Å². The standard InChI is InChI=1S/C74H59F15N11O8/c1-34-29-56(70(75,76)77)91-96(34)54-32-50(63(97-35(2)30-57(92-97)71(78,79)80)65(108-40(7)102)61(54)42-15-17-43(18-16-42)69(103)107-11)47-26-21-44(39(6)101)31-53(47)99-37(4)60(68(94-99)74(87,88)89)49-27-28-55(105-9)64(106-10)62(49)100-38(5)59(67(95-100)73(84,85)86)48-13-12-14-52(51(48)33-104-8)98-36(3)58(66(93-98)72(81,82)83)41-19-22-45(23-20-41)90-46-24-25-46/h12-23,26-31,46,90H,24-25,33H2,1-11H3. The molecule has 5 heterocycles. The van der Waals surface area contributed by atoms with Crippen LogP contribution in [0.1, 0.15) is 110 Å². The number of halogens is 15. The Bertz CT molecular complexity index is 5400. The normalized spacial score (nSPS) is 13.0. The van der Waals surface area contributed by atoms with Crippen molar-refractivity contribution in [2.24, 2.45) is 0 Å². The summed E-state index contributed by atoms with van der Waals surface area (Å²) in [7, 11) is 4.33. The van der Waals surface area contributed by atoms with E-state index in [-0.39, 0.29) is 67.8 Å². The summed E-state index contributed by atoms with van der Waals surface area (Å²) in [5.74, 6) is -4.55. The Balaban J connectivity index is 1.15. The number of methoxy groups -OCH3 is 4. The van der Waals surface area contributed by atoms with E-state index in [4.69, 9.17) is 23.7 Å². The largest absolute Gasteiger partial charge is 0.493 e. The lowest BCUT2D eigenvalue weighted by Crippen LogP contribution is -2.15. The molecule has 1 saturated carbocycles. The zero-order chi connectivity index (χ0) is 78.5. The number of rotatable bonds is 19. The number of alkyl halides is 15. The number of nitrogens with one attached hydrogen (secondary N) is 1. The van der Waals surface area contributed by atoms with E-state index < -0.39 is 168 Å². The second kappa shape index (κ2) is 27.9. The number of esters is 2. The van der Waals surface area contributed by atoms with Gasteiger partial charge in [0.05, 0.1) is 56.1 Å². The fourth-order valence-electron chi connectivity index (χ4n) is 13.0. The number of nitrogens with zero attached hydrogens (tertiary/aromatic N) is 10. The third kappa shape index (κ3) is 14.0. The van der Waals surface area contributed by atoms with Crippen molar-refractivity contribution < 1.29 is 104 Å². The fraction of sp³-hybridized carbons (Fsp3) is 0.270. The number of anilines is 1. The molecule has 19 nitrogen and oxygen atoms in total. The molecule has 1 radical (unpaired) electrons. The molecule has 0 unspecified atom stereocenters. The maximum Gasteiger partial charge on any atom is 0.435 e. The van der Waals surface area contributed by atoms with Crippen molar-refractivity contribution in [3.05, 3.63) is 189 Å². The van der Waals surface area contributed by atoms with Gasteiger partial charge >= 0.3 is 42.8 Å². The van der Waals surface area contributed by atoms with E-state index in [2.05, 4.69) is 36.9 Å². The molecule has 12 rings (SSSR count). The van der Waals surface area contributed by atoms with E-state index in [9.17, 15) is 40.7 Å². The lowest BCUT2D eigenvalue weighted by molar-refractivity contribution is -0.142. The lowest BCUT2D eigenvalue weighted by atomic mass is 9.92. The van der Waals surface area contributed by atoms with Gasteiger partial charge in [0.2, 0.25) is 0 Å². The number of aryl methyl sites for hydroxylation is 2. The SMILES string of the molecule is COCc1c(-c2c(C(F)(F)F)nn(-c3c(-c4c(C(F)(F)F)nn(-c5cc(C(C)=O)ccc5-c5[c]c(-n6nc(C(F)(F)F)cc6C)c(-c6ccc(C(=O)OC)cc6)c(OC(C)=O)c5-n5nc(C(F)(F)F)cc5C)c4C)ccc(OC)c3OC)c2C)cccc1-n1nc(C(F)(F)F)c(-c2ccc(NC3CC3)cc2)c1C. The number of ether oxygens (including phenoxy) is 5. The van der Waals surface area contributed by atoms with E-state index in [0.29, 0.717) is 36.5 Å². The second-order valence-electron chi connectivity index (χ2n) is 25.1. The van der Waals surface area contributed by atoms with Crippen LogP contribution in [0.5, 0.6) is 17.2 Å². The first-order valence-electron chi connectivity index (χ1n) is 32.4. The summed E-state index contributed by atoms with van der Waals surface area (Å²) in [5.41, 5.74) is -17.3. The molecule has 1 aliphatic carbocycles. The van der Waals surface area contributed by atoms with Crippen molar-refractivity contribution in [3.8, 4) is 101 Å².